The number of nitrogens with one attached hydrogen (secondary N) is 1. The highest BCUT2D eigenvalue weighted by Gasteiger charge is 2.22. The lowest BCUT2D eigenvalue weighted by atomic mass is 10.1. The highest BCUT2D eigenvalue weighted by Crippen LogP contribution is 2.28. The van der Waals surface area contributed by atoms with Crippen LogP contribution in [0.1, 0.15) is 18.4 Å². The molecule has 0 radical (unpaired) electrons. The molecule has 1 N–H and O–H groups in total. The van der Waals surface area contributed by atoms with Crippen LogP contribution in [-0.2, 0) is 24.8 Å². The standard InChI is InChI=1S/C20H22ClN5O3S/c1-24-18(28)16-17(23-19(30-16)25-10-2-3-11-25)26(20(24)29)12-15(27)22-9-8-13-4-6-14(21)7-5-13/h4-7H,2-3,8-12H2,1H3,(H,22,27). The predicted molar refractivity (Wildman–Crippen MR) is 119 cm³/mol. The molecule has 0 atom stereocenters. The number of anilines is 1. The van der Waals surface area contributed by atoms with E-state index in [1.807, 2.05) is 12.1 Å². The number of hydrogen-bond acceptors (Lipinski definition) is 6. The average molecular weight is 448 g/mol. The van der Waals surface area contributed by atoms with E-state index in [-0.39, 0.29) is 23.7 Å². The van der Waals surface area contributed by atoms with Crippen molar-refractivity contribution in [2.75, 3.05) is 24.5 Å². The Kier molecular flexibility index (Phi) is 5.92. The van der Waals surface area contributed by atoms with Gasteiger partial charge in [-0.2, -0.15) is 0 Å². The van der Waals surface area contributed by atoms with Crippen LogP contribution in [-0.4, -0.2) is 39.7 Å². The van der Waals surface area contributed by atoms with E-state index in [9.17, 15) is 14.4 Å². The molecule has 0 bridgehead atoms. The highest BCUT2D eigenvalue weighted by atomic mass is 35.5. The fraction of sp³-hybridized carbons (Fsp3) is 0.400. The fourth-order valence-electron chi connectivity index (χ4n) is 3.52. The zero-order chi connectivity index (χ0) is 21.3. The molecule has 0 aliphatic carbocycles. The lowest BCUT2D eigenvalue weighted by Crippen LogP contribution is -2.41. The molecule has 1 amide bonds. The van der Waals surface area contributed by atoms with E-state index in [1.165, 1.54) is 23.0 Å². The Morgan fingerprint density at radius 3 is 2.60 bits per heavy atom. The van der Waals surface area contributed by atoms with Crippen LogP contribution in [0.25, 0.3) is 10.3 Å². The molecule has 158 valence electrons. The quantitative estimate of drug-likeness (QED) is 0.622. The Morgan fingerprint density at radius 1 is 1.20 bits per heavy atom. The number of aromatic nitrogens is 3. The molecular weight excluding hydrogens is 426 g/mol. The minimum absolute atomic E-state index is 0.187. The summed E-state index contributed by atoms with van der Waals surface area (Å²) in [6, 6.07) is 7.43. The third-order valence-electron chi connectivity index (χ3n) is 5.20. The molecule has 10 heteroatoms. The largest absolute Gasteiger partial charge is 0.354 e. The van der Waals surface area contributed by atoms with Crippen LogP contribution >= 0.6 is 22.9 Å². The van der Waals surface area contributed by atoms with Gasteiger partial charge < -0.3 is 10.2 Å². The van der Waals surface area contributed by atoms with Gasteiger partial charge in [0.1, 0.15) is 11.2 Å². The van der Waals surface area contributed by atoms with E-state index < -0.39 is 5.69 Å². The van der Waals surface area contributed by atoms with E-state index in [2.05, 4.69) is 15.2 Å². The van der Waals surface area contributed by atoms with Crippen LogP contribution < -0.4 is 21.5 Å². The second-order valence-corrected chi connectivity index (χ2v) is 8.72. The van der Waals surface area contributed by atoms with Crippen molar-refractivity contribution in [1.29, 1.82) is 0 Å². The van der Waals surface area contributed by atoms with Crippen LogP contribution in [0.4, 0.5) is 5.13 Å². The second kappa shape index (κ2) is 8.61. The van der Waals surface area contributed by atoms with Gasteiger partial charge in [-0.15, -0.1) is 0 Å². The van der Waals surface area contributed by atoms with Crippen LogP contribution in [0.2, 0.25) is 5.02 Å². The summed E-state index contributed by atoms with van der Waals surface area (Å²) < 4.78 is 2.72. The Morgan fingerprint density at radius 2 is 1.90 bits per heavy atom. The van der Waals surface area contributed by atoms with Crippen LogP contribution in [0, 0.1) is 0 Å². The number of hydrogen-bond donors (Lipinski definition) is 1. The Labute approximate surface area is 181 Å². The smallest absolute Gasteiger partial charge is 0.332 e. The summed E-state index contributed by atoms with van der Waals surface area (Å²) in [6.07, 6.45) is 2.81. The van der Waals surface area contributed by atoms with Gasteiger partial charge in [-0.25, -0.2) is 9.78 Å². The maximum atomic E-state index is 12.7. The topological polar surface area (TPSA) is 89.2 Å². The minimum atomic E-state index is -0.543. The molecule has 1 aromatic carbocycles. The molecule has 8 nitrogen and oxygen atoms in total. The van der Waals surface area contributed by atoms with Crippen LogP contribution in [0.3, 0.4) is 0 Å². The first-order valence-electron chi connectivity index (χ1n) is 9.80. The normalized spacial score (nSPS) is 13.9. The van der Waals surface area contributed by atoms with Crippen LogP contribution in [0.5, 0.6) is 0 Å². The van der Waals surface area contributed by atoms with Gasteiger partial charge in [0.05, 0.1) is 0 Å². The van der Waals surface area contributed by atoms with E-state index >= 15 is 0 Å². The van der Waals surface area contributed by atoms with Crippen molar-refractivity contribution in [2.45, 2.75) is 25.8 Å². The number of fused-ring (bicyclic) bond motifs is 1. The summed E-state index contributed by atoms with van der Waals surface area (Å²) in [5.41, 5.74) is 0.412. The number of rotatable bonds is 6. The van der Waals surface area contributed by atoms with Gasteiger partial charge in [0.25, 0.3) is 5.56 Å². The molecule has 1 aliphatic heterocycles. The van der Waals surface area contributed by atoms with Crippen molar-refractivity contribution in [2.24, 2.45) is 7.05 Å². The molecule has 2 aromatic heterocycles. The summed E-state index contributed by atoms with van der Waals surface area (Å²) in [7, 11) is 1.42. The lowest BCUT2D eigenvalue weighted by Gasteiger charge is -2.12. The molecule has 3 aromatic rings. The first kappa shape index (κ1) is 20.6. The lowest BCUT2D eigenvalue weighted by molar-refractivity contribution is -0.121. The molecule has 1 fully saturated rings. The molecule has 0 saturated carbocycles. The van der Waals surface area contributed by atoms with Crippen molar-refractivity contribution in [3.8, 4) is 0 Å². The minimum Gasteiger partial charge on any atom is -0.354 e. The summed E-state index contributed by atoms with van der Waals surface area (Å²) >= 11 is 7.16. The molecule has 4 rings (SSSR count). The van der Waals surface area contributed by atoms with Gasteiger partial charge >= 0.3 is 5.69 Å². The molecule has 1 saturated heterocycles. The molecule has 0 spiro atoms. The van der Waals surface area contributed by atoms with E-state index in [1.54, 1.807) is 12.1 Å². The molecule has 0 unspecified atom stereocenters. The number of thiazole rings is 1. The number of amides is 1. The molecule has 30 heavy (non-hydrogen) atoms. The Bertz CT molecular complexity index is 1190. The van der Waals surface area contributed by atoms with Gasteiger partial charge in [-0.1, -0.05) is 35.1 Å². The third-order valence-corrected chi connectivity index (χ3v) is 6.54. The zero-order valence-electron chi connectivity index (χ0n) is 16.6. The van der Waals surface area contributed by atoms with Crippen molar-refractivity contribution >= 4 is 44.3 Å². The number of halogens is 1. The molecule has 1 aliphatic rings. The number of carbonyl (C=O) groups excluding carboxylic acids is 1. The van der Waals surface area contributed by atoms with Gasteiger partial charge in [-0.05, 0) is 37.0 Å². The first-order valence-corrected chi connectivity index (χ1v) is 11.0. The summed E-state index contributed by atoms with van der Waals surface area (Å²) in [6.45, 7) is 2.01. The number of carbonyl (C=O) groups is 1. The summed E-state index contributed by atoms with van der Waals surface area (Å²) in [4.78, 5) is 44.4. The van der Waals surface area contributed by atoms with Gasteiger partial charge in [0.15, 0.2) is 10.8 Å². The third kappa shape index (κ3) is 4.13. The first-order chi connectivity index (χ1) is 14.4. The van der Waals surface area contributed by atoms with E-state index in [4.69, 9.17) is 11.6 Å². The van der Waals surface area contributed by atoms with E-state index in [0.29, 0.717) is 22.7 Å². The maximum absolute atomic E-state index is 12.7. The summed E-state index contributed by atoms with van der Waals surface area (Å²) in [5.74, 6) is -0.304. The number of benzene rings is 1. The second-order valence-electron chi connectivity index (χ2n) is 7.30. The van der Waals surface area contributed by atoms with Crippen molar-refractivity contribution in [3.63, 3.8) is 0 Å². The SMILES string of the molecule is Cn1c(=O)c2sc(N3CCCC3)nc2n(CC(=O)NCCc2ccc(Cl)cc2)c1=O. The maximum Gasteiger partial charge on any atom is 0.332 e. The van der Waals surface area contributed by atoms with Crippen molar-refractivity contribution < 1.29 is 4.79 Å². The Hall–Kier alpha value is -2.65. The summed E-state index contributed by atoms with van der Waals surface area (Å²) in [5, 5.41) is 4.22. The number of nitrogens with zero attached hydrogens (tertiary/aromatic N) is 4. The zero-order valence-corrected chi connectivity index (χ0v) is 18.1. The average Bonchev–Trinajstić information content (AvgIpc) is 3.41. The van der Waals surface area contributed by atoms with Gasteiger partial charge in [0.2, 0.25) is 5.91 Å². The van der Waals surface area contributed by atoms with Gasteiger partial charge in [-0.3, -0.25) is 18.7 Å². The predicted octanol–water partition coefficient (Wildman–Crippen LogP) is 1.77. The fourth-order valence-corrected chi connectivity index (χ4v) is 4.74. The Balaban J connectivity index is 1.53. The van der Waals surface area contributed by atoms with Crippen molar-refractivity contribution in [3.05, 3.63) is 55.7 Å². The van der Waals surface area contributed by atoms with Crippen molar-refractivity contribution in [1.82, 2.24) is 19.4 Å². The molecule has 3 heterocycles. The van der Waals surface area contributed by atoms with Gasteiger partial charge in [0, 0.05) is 31.7 Å². The highest BCUT2D eigenvalue weighted by molar-refractivity contribution is 7.22. The van der Waals surface area contributed by atoms with Crippen LogP contribution in [0.15, 0.2) is 33.9 Å². The van der Waals surface area contributed by atoms with E-state index in [0.717, 1.165) is 41.2 Å². The molecular formula is C20H22ClN5O3S. The monoisotopic (exact) mass is 447 g/mol.